The van der Waals surface area contributed by atoms with Crippen LogP contribution in [0.5, 0.6) is 0 Å². The van der Waals surface area contributed by atoms with Gasteiger partial charge < -0.3 is 15.2 Å². The lowest BCUT2D eigenvalue weighted by Crippen LogP contribution is -2.38. The van der Waals surface area contributed by atoms with Gasteiger partial charge in [0.1, 0.15) is 11.8 Å². The number of hydrogen-bond acceptors (Lipinski definition) is 5. The fourth-order valence-electron chi connectivity index (χ4n) is 2.82. The minimum atomic E-state index is 0.752. The maximum Gasteiger partial charge on any atom is 0.182 e. The second kappa shape index (κ2) is 6.17. The van der Waals surface area contributed by atoms with Crippen LogP contribution in [0.3, 0.4) is 0 Å². The number of nitrogens with zero attached hydrogens (tertiary/aromatic N) is 4. The van der Waals surface area contributed by atoms with Crippen molar-refractivity contribution in [3.05, 3.63) is 12.7 Å². The predicted octanol–water partition coefficient (Wildman–Crippen LogP) is 1.57. The highest BCUT2D eigenvalue weighted by atomic mass is 15.2. The lowest BCUT2D eigenvalue weighted by molar-refractivity contribution is 0.382. The van der Waals surface area contributed by atoms with E-state index in [9.17, 15) is 0 Å². The molecule has 0 atom stereocenters. The summed E-state index contributed by atoms with van der Waals surface area (Å²) < 4.78 is 0. The summed E-state index contributed by atoms with van der Waals surface area (Å²) in [4.78, 5) is 18.3. The third kappa shape index (κ3) is 2.75. The molecule has 0 radical (unpaired) electrons. The molecule has 108 valence electrons. The Morgan fingerprint density at radius 3 is 2.95 bits per heavy atom. The van der Waals surface area contributed by atoms with Crippen LogP contribution in [0.25, 0.3) is 11.2 Å². The average Bonchev–Trinajstić information content (AvgIpc) is 2.97. The summed E-state index contributed by atoms with van der Waals surface area (Å²) in [6.07, 6.45) is 6.93. The Labute approximate surface area is 119 Å². The topological polar surface area (TPSA) is 69.7 Å². The smallest absolute Gasteiger partial charge is 0.182 e. The number of aromatic amines is 1. The molecule has 6 nitrogen and oxygen atoms in total. The summed E-state index contributed by atoms with van der Waals surface area (Å²) in [6.45, 7) is 6.60. The highest BCUT2D eigenvalue weighted by molar-refractivity contribution is 5.82. The number of aromatic nitrogens is 4. The molecule has 0 amide bonds. The van der Waals surface area contributed by atoms with Crippen molar-refractivity contribution in [2.45, 2.75) is 26.2 Å². The van der Waals surface area contributed by atoms with Crippen molar-refractivity contribution in [1.82, 2.24) is 25.3 Å². The molecule has 0 saturated carbocycles. The number of rotatable bonds is 5. The van der Waals surface area contributed by atoms with Crippen LogP contribution in [0.1, 0.15) is 26.2 Å². The van der Waals surface area contributed by atoms with Crippen molar-refractivity contribution in [3.63, 3.8) is 0 Å². The molecule has 1 fully saturated rings. The van der Waals surface area contributed by atoms with E-state index in [1.54, 1.807) is 12.7 Å². The second-order valence-electron chi connectivity index (χ2n) is 5.43. The van der Waals surface area contributed by atoms with Gasteiger partial charge in [0.05, 0.1) is 6.33 Å². The Morgan fingerprint density at radius 1 is 1.30 bits per heavy atom. The zero-order valence-electron chi connectivity index (χ0n) is 12.0. The number of anilines is 1. The van der Waals surface area contributed by atoms with Crippen molar-refractivity contribution < 1.29 is 0 Å². The Bertz CT molecular complexity index is 543. The summed E-state index contributed by atoms with van der Waals surface area (Å²) in [5.41, 5.74) is 1.71. The molecule has 0 aliphatic carbocycles. The Kier molecular flexibility index (Phi) is 4.11. The molecule has 2 aromatic rings. The highest BCUT2D eigenvalue weighted by Gasteiger charge is 2.21. The Balaban J connectivity index is 1.62. The zero-order valence-corrected chi connectivity index (χ0v) is 12.0. The first-order chi connectivity index (χ1) is 9.88. The normalized spacial score (nSPS) is 16.9. The number of piperidine rings is 1. The van der Waals surface area contributed by atoms with Gasteiger partial charge in [-0.05, 0) is 38.3 Å². The molecule has 20 heavy (non-hydrogen) atoms. The van der Waals surface area contributed by atoms with Gasteiger partial charge in [0.25, 0.3) is 0 Å². The maximum absolute atomic E-state index is 4.43. The second-order valence-corrected chi connectivity index (χ2v) is 5.43. The number of hydrogen-bond donors (Lipinski definition) is 2. The van der Waals surface area contributed by atoms with Crippen molar-refractivity contribution in [2.24, 2.45) is 5.92 Å². The molecular formula is C14H22N6. The van der Waals surface area contributed by atoms with Crippen molar-refractivity contribution >= 4 is 17.0 Å². The zero-order chi connectivity index (χ0) is 13.8. The fraction of sp³-hybridized carbons (Fsp3) is 0.643. The average molecular weight is 274 g/mol. The van der Waals surface area contributed by atoms with Gasteiger partial charge in [-0.25, -0.2) is 15.0 Å². The minimum Gasteiger partial charge on any atom is -0.355 e. The summed E-state index contributed by atoms with van der Waals surface area (Å²) >= 11 is 0. The maximum atomic E-state index is 4.43. The molecule has 0 spiro atoms. The highest BCUT2D eigenvalue weighted by Crippen LogP contribution is 2.25. The van der Waals surface area contributed by atoms with Crippen LogP contribution in [-0.4, -0.2) is 46.1 Å². The van der Waals surface area contributed by atoms with Crippen LogP contribution < -0.4 is 10.2 Å². The Hall–Kier alpha value is -1.69. The SMILES string of the molecule is CCCNCC1CCN(c2ncnc3nc[nH]c23)CC1. The monoisotopic (exact) mass is 274 g/mol. The number of H-pyrrole nitrogens is 1. The van der Waals surface area contributed by atoms with Gasteiger partial charge in [-0.3, -0.25) is 0 Å². The van der Waals surface area contributed by atoms with Crippen molar-refractivity contribution in [2.75, 3.05) is 31.1 Å². The first kappa shape index (κ1) is 13.3. The predicted molar refractivity (Wildman–Crippen MR) is 79.8 cm³/mol. The first-order valence-electron chi connectivity index (χ1n) is 7.48. The summed E-state index contributed by atoms with van der Waals surface area (Å²) in [5.74, 6) is 1.78. The molecule has 1 aliphatic rings. The van der Waals surface area contributed by atoms with Gasteiger partial charge in [-0.1, -0.05) is 6.92 Å². The van der Waals surface area contributed by atoms with E-state index < -0.39 is 0 Å². The molecule has 0 bridgehead atoms. The van der Waals surface area contributed by atoms with E-state index in [0.29, 0.717) is 0 Å². The molecule has 6 heteroatoms. The van der Waals surface area contributed by atoms with Crippen molar-refractivity contribution in [3.8, 4) is 0 Å². The standard InChI is InChI=1S/C14H22N6/c1-2-5-15-8-11-3-6-20(7-4-11)14-12-13(17-9-16-12)18-10-19-14/h9-11,15H,2-8H2,1H3,(H,16,17,18,19). The van der Waals surface area contributed by atoms with Gasteiger partial charge >= 0.3 is 0 Å². The molecule has 2 aromatic heterocycles. The molecule has 1 saturated heterocycles. The molecule has 2 N–H and O–H groups in total. The van der Waals surface area contributed by atoms with Crippen molar-refractivity contribution in [1.29, 1.82) is 0 Å². The van der Waals surface area contributed by atoms with E-state index in [1.165, 1.54) is 19.3 Å². The lowest BCUT2D eigenvalue weighted by Gasteiger charge is -2.32. The number of imidazole rings is 1. The van der Waals surface area contributed by atoms with Gasteiger partial charge in [0.15, 0.2) is 11.5 Å². The van der Waals surface area contributed by atoms with Gasteiger partial charge in [0.2, 0.25) is 0 Å². The van der Waals surface area contributed by atoms with Crippen LogP contribution in [-0.2, 0) is 0 Å². The summed E-state index contributed by atoms with van der Waals surface area (Å²) in [6, 6.07) is 0. The molecule has 3 heterocycles. The molecular weight excluding hydrogens is 252 g/mol. The van der Waals surface area contributed by atoms with Gasteiger partial charge in [-0.15, -0.1) is 0 Å². The molecule has 1 aliphatic heterocycles. The molecule has 0 aromatic carbocycles. The van der Waals surface area contributed by atoms with E-state index >= 15 is 0 Å². The Morgan fingerprint density at radius 2 is 2.15 bits per heavy atom. The molecule has 0 unspecified atom stereocenters. The number of nitrogens with one attached hydrogen (secondary N) is 2. The summed E-state index contributed by atoms with van der Waals surface area (Å²) in [5, 5.41) is 3.52. The quantitative estimate of drug-likeness (QED) is 0.810. The van der Waals surface area contributed by atoms with Gasteiger partial charge in [-0.2, -0.15) is 0 Å². The minimum absolute atomic E-state index is 0.752. The van der Waals surface area contributed by atoms with Crippen LogP contribution >= 0.6 is 0 Å². The molecule has 3 rings (SSSR count). The lowest BCUT2D eigenvalue weighted by atomic mass is 9.96. The largest absolute Gasteiger partial charge is 0.355 e. The van der Waals surface area contributed by atoms with Crippen LogP contribution in [0.4, 0.5) is 5.82 Å². The van der Waals surface area contributed by atoms with Gasteiger partial charge in [0, 0.05) is 13.1 Å². The first-order valence-corrected chi connectivity index (χ1v) is 7.48. The van der Waals surface area contributed by atoms with E-state index in [2.05, 4.69) is 37.1 Å². The third-order valence-corrected chi connectivity index (χ3v) is 3.98. The third-order valence-electron chi connectivity index (χ3n) is 3.98. The van der Waals surface area contributed by atoms with E-state index in [4.69, 9.17) is 0 Å². The van der Waals surface area contributed by atoms with Crippen LogP contribution in [0.2, 0.25) is 0 Å². The number of fused-ring (bicyclic) bond motifs is 1. The van der Waals surface area contributed by atoms with E-state index in [1.807, 2.05) is 0 Å². The fourth-order valence-corrected chi connectivity index (χ4v) is 2.82. The summed E-state index contributed by atoms with van der Waals surface area (Å²) in [7, 11) is 0. The van der Waals surface area contributed by atoms with E-state index in [-0.39, 0.29) is 0 Å². The van der Waals surface area contributed by atoms with E-state index in [0.717, 1.165) is 49.1 Å². The van der Waals surface area contributed by atoms with Crippen LogP contribution in [0, 0.1) is 5.92 Å². The van der Waals surface area contributed by atoms with Crippen LogP contribution in [0.15, 0.2) is 12.7 Å².